The number of para-hydroxylation sites is 3. The van der Waals surface area contributed by atoms with E-state index in [0.717, 1.165) is 39.5 Å². The van der Waals surface area contributed by atoms with Crippen LogP contribution < -0.4 is 4.90 Å². The van der Waals surface area contributed by atoms with Crippen molar-refractivity contribution < 1.29 is 0 Å². The minimum Gasteiger partial charge on any atom is -0.292 e. The number of rotatable bonds is 2. The zero-order chi connectivity index (χ0) is 26.2. The van der Waals surface area contributed by atoms with Crippen molar-refractivity contribution in [2.75, 3.05) is 4.90 Å². The fraction of sp³-hybridized carbons (Fsp3) is 0. The fourth-order valence-corrected chi connectivity index (χ4v) is 7.46. The summed E-state index contributed by atoms with van der Waals surface area (Å²) in [5.74, 6) is 0.845. The van der Waals surface area contributed by atoms with Crippen molar-refractivity contribution in [1.29, 1.82) is 0 Å². The Labute approximate surface area is 234 Å². The Balaban J connectivity index is 1.43. The predicted octanol–water partition coefficient (Wildman–Crippen LogP) is 10.3. The van der Waals surface area contributed by atoms with Gasteiger partial charge in [0.1, 0.15) is 5.69 Å². The second kappa shape index (κ2) is 8.22. The Morgan fingerprint density at radius 1 is 0.500 bits per heavy atom. The minimum absolute atomic E-state index is 0.845. The Bertz CT molecular complexity index is 2290. The number of hydrogen-bond acceptors (Lipinski definition) is 4. The molecule has 6 aromatic carbocycles. The number of thiophene rings is 1. The van der Waals surface area contributed by atoms with Crippen LogP contribution in [0.2, 0.25) is 0 Å². The first-order valence-electron chi connectivity index (χ1n) is 13.4. The smallest absolute Gasteiger partial charge is 0.165 e. The van der Waals surface area contributed by atoms with E-state index < -0.39 is 0 Å². The first-order valence-corrected chi connectivity index (χ1v) is 14.3. The SMILES string of the molecule is c1ccc2c(c1)-c1cccc3cccc(c13)N2c1nc2ccccc2nc1-c1cccc2c1sc1ccccc12. The van der Waals surface area contributed by atoms with E-state index in [-0.39, 0.29) is 0 Å². The second-order valence-corrected chi connectivity index (χ2v) is 11.3. The highest BCUT2D eigenvalue weighted by atomic mass is 32.1. The van der Waals surface area contributed by atoms with Gasteiger partial charge in [-0.2, -0.15) is 0 Å². The van der Waals surface area contributed by atoms with Gasteiger partial charge >= 0.3 is 0 Å². The maximum atomic E-state index is 5.36. The topological polar surface area (TPSA) is 29.0 Å². The van der Waals surface area contributed by atoms with E-state index in [1.54, 1.807) is 0 Å². The molecule has 0 unspecified atom stereocenters. The highest BCUT2D eigenvalue weighted by molar-refractivity contribution is 7.26. The van der Waals surface area contributed by atoms with E-state index in [1.807, 2.05) is 23.5 Å². The molecular weight excluding hydrogens is 506 g/mol. The van der Waals surface area contributed by atoms with E-state index in [4.69, 9.17) is 9.97 Å². The van der Waals surface area contributed by atoms with Crippen molar-refractivity contribution in [2.24, 2.45) is 0 Å². The third-order valence-corrected chi connectivity index (χ3v) is 9.20. The van der Waals surface area contributed by atoms with Crippen molar-refractivity contribution in [2.45, 2.75) is 0 Å². The van der Waals surface area contributed by atoms with Gasteiger partial charge in [0.2, 0.25) is 0 Å². The summed E-state index contributed by atoms with van der Waals surface area (Å²) in [4.78, 5) is 13.0. The van der Waals surface area contributed by atoms with Gasteiger partial charge in [0.05, 0.1) is 22.4 Å². The summed E-state index contributed by atoms with van der Waals surface area (Å²) < 4.78 is 2.51. The molecule has 9 rings (SSSR count). The summed E-state index contributed by atoms with van der Waals surface area (Å²) in [5, 5.41) is 4.99. The van der Waals surface area contributed by atoms with Crippen molar-refractivity contribution >= 4 is 70.5 Å². The fourth-order valence-electron chi connectivity index (χ4n) is 6.25. The molecule has 1 aliphatic rings. The van der Waals surface area contributed by atoms with Gasteiger partial charge < -0.3 is 0 Å². The lowest BCUT2D eigenvalue weighted by atomic mass is 9.91. The maximum Gasteiger partial charge on any atom is 0.165 e. The second-order valence-electron chi connectivity index (χ2n) is 10.2. The van der Waals surface area contributed by atoms with Gasteiger partial charge in [-0.1, -0.05) is 97.1 Å². The van der Waals surface area contributed by atoms with Crippen molar-refractivity contribution in [3.05, 3.63) is 127 Å². The zero-order valence-electron chi connectivity index (χ0n) is 21.4. The van der Waals surface area contributed by atoms with Gasteiger partial charge in [-0.3, -0.25) is 4.90 Å². The molecule has 0 bridgehead atoms. The molecule has 0 fully saturated rings. The van der Waals surface area contributed by atoms with Crippen LogP contribution in [0.25, 0.3) is 64.4 Å². The number of aromatic nitrogens is 2. The van der Waals surface area contributed by atoms with Gasteiger partial charge in [-0.05, 0) is 41.3 Å². The predicted molar refractivity (Wildman–Crippen MR) is 169 cm³/mol. The molecular formula is C36H21N3S. The first-order chi connectivity index (χ1) is 19.8. The molecule has 0 saturated heterocycles. The average molecular weight is 528 g/mol. The molecule has 0 spiro atoms. The Morgan fingerprint density at radius 3 is 2.08 bits per heavy atom. The van der Waals surface area contributed by atoms with Crippen LogP contribution in [0.1, 0.15) is 0 Å². The van der Waals surface area contributed by atoms with Gasteiger partial charge in [-0.25, -0.2) is 9.97 Å². The standard InChI is InChI=1S/C36H21N3S/c1-5-19-30-23(12-1)25-14-7-10-22-11-8-20-31(33(22)25)39(30)36-34(37-28-17-3-4-18-29(28)38-36)27-16-9-15-26-24-13-2-6-21-32(24)40-35(26)27/h1-21H. The van der Waals surface area contributed by atoms with Crippen LogP contribution in [0.15, 0.2) is 127 Å². The molecule has 186 valence electrons. The monoisotopic (exact) mass is 527 g/mol. The van der Waals surface area contributed by atoms with Gasteiger partial charge in [-0.15, -0.1) is 11.3 Å². The first kappa shape index (κ1) is 21.8. The summed E-state index contributed by atoms with van der Waals surface area (Å²) >= 11 is 1.83. The van der Waals surface area contributed by atoms with Crippen molar-refractivity contribution in [3.63, 3.8) is 0 Å². The highest BCUT2D eigenvalue weighted by Crippen LogP contribution is 2.52. The van der Waals surface area contributed by atoms with Gasteiger partial charge in [0, 0.05) is 36.7 Å². The molecule has 1 aliphatic heterocycles. The molecule has 0 atom stereocenters. The lowest BCUT2D eigenvalue weighted by Gasteiger charge is -2.33. The van der Waals surface area contributed by atoms with Crippen molar-refractivity contribution in [1.82, 2.24) is 9.97 Å². The Kier molecular flexibility index (Phi) is 4.48. The van der Waals surface area contributed by atoms with Crippen LogP contribution in [-0.4, -0.2) is 9.97 Å². The van der Waals surface area contributed by atoms with E-state index >= 15 is 0 Å². The van der Waals surface area contributed by atoms with Crippen LogP contribution >= 0.6 is 11.3 Å². The van der Waals surface area contributed by atoms with Crippen LogP contribution in [0.4, 0.5) is 17.2 Å². The summed E-state index contributed by atoms with van der Waals surface area (Å²) in [6, 6.07) is 45.2. The summed E-state index contributed by atoms with van der Waals surface area (Å²) in [6.07, 6.45) is 0. The quantitative estimate of drug-likeness (QED) is 0.224. The lowest BCUT2D eigenvalue weighted by molar-refractivity contribution is 1.18. The largest absolute Gasteiger partial charge is 0.292 e. The van der Waals surface area contributed by atoms with E-state index in [0.29, 0.717) is 0 Å². The Morgan fingerprint density at radius 2 is 1.15 bits per heavy atom. The van der Waals surface area contributed by atoms with Crippen LogP contribution in [0.3, 0.4) is 0 Å². The third-order valence-electron chi connectivity index (χ3n) is 7.98. The number of fused-ring (bicyclic) bond motifs is 6. The molecule has 3 heterocycles. The lowest BCUT2D eigenvalue weighted by Crippen LogP contribution is -2.18. The normalized spacial score (nSPS) is 12.4. The summed E-state index contributed by atoms with van der Waals surface area (Å²) in [5.41, 5.74) is 8.47. The number of nitrogens with zero attached hydrogens (tertiary/aromatic N) is 3. The van der Waals surface area contributed by atoms with E-state index in [9.17, 15) is 0 Å². The average Bonchev–Trinajstić information content (AvgIpc) is 3.40. The highest BCUT2D eigenvalue weighted by Gasteiger charge is 2.29. The molecule has 0 N–H and O–H groups in total. The molecule has 8 aromatic rings. The number of anilines is 3. The van der Waals surface area contributed by atoms with E-state index in [2.05, 4.69) is 120 Å². The summed E-state index contributed by atoms with van der Waals surface area (Å²) in [7, 11) is 0. The number of hydrogen-bond donors (Lipinski definition) is 0. The van der Waals surface area contributed by atoms with Crippen LogP contribution in [0.5, 0.6) is 0 Å². The van der Waals surface area contributed by atoms with Crippen LogP contribution in [0, 0.1) is 0 Å². The zero-order valence-corrected chi connectivity index (χ0v) is 22.2. The molecule has 0 aliphatic carbocycles. The van der Waals surface area contributed by atoms with Gasteiger partial charge in [0.15, 0.2) is 5.82 Å². The Hall–Kier alpha value is -5.06. The molecule has 4 heteroatoms. The molecule has 40 heavy (non-hydrogen) atoms. The molecule has 0 amide bonds. The molecule has 0 saturated carbocycles. The molecule has 2 aromatic heterocycles. The molecule has 3 nitrogen and oxygen atoms in total. The van der Waals surface area contributed by atoms with Crippen LogP contribution in [-0.2, 0) is 0 Å². The summed E-state index contributed by atoms with van der Waals surface area (Å²) in [6.45, 7) is 0. The maximum absolute atomic E-state index is 5.36. The van der Waals surface area contributed by atoms with E-state index in [1.165, 1.54) is 42.1 Å². The van der Waals surface area contributed by atoms with Gasteiger partial charge in [0.25, 0.3) is 0 Å². The molecule has 0 radical (unpaired) electrons. The number of benzene rings is 6. The van der Waals surface area contributed by atoms with Crippen molar-refractivity contribution in [3.8, 4) is 22.4 Å². The third kappa shape index (κ3) is 2.99. The minimum atomic E-state index is 0.845.